The number of carbonyl (C=O) groups excluding carboxylic acids is 2. The molecule has 10 heteroatoms. The van der Waals surface area contributed by atoms with Crippen molar-refractivity contribution in [3.05, 3.63) is 119 Å². The van der Waals surface area contributed by atoms with Gasteiger partial charge in [0.25, 0.3) is 0 Å². The standard InChI is InChI=1S/C37H41N3O6S/c1-27-33(39-47(2,43)44)12-7-14-35(27)40(25-29-9-4-3-5-10-29)26-30-18-22-32(23-19-30)45-31-20-16-28(17-21-31)11-6-15-36(41)46-37(42)34-13-8-24-38-34/h3-5,7,9-10,12,14,16-23,34,38-39H,6,8,11,13,15,24-26H2,1-2H3/t34-/m0/s1. The number of anilines is 2. The fourth-order valence-electron chi connectivity index (χ4n) is 5.61. The van der Waals surface area contributed by atoms with Gasteiger partial charge < -0.3 is 19.7 Å². The van der Waals surface area contributed by atoms with Crippen LogP contribution in [0.2, 0.25) is 0 Å². The average molecular weight is 656 g/mol. The molecule has 0 aromatic heterocycles. The van der Waals surface area contributed by atoms with Gasteiger partial charge in [-0.05, 0) is 97.8 Å². The molecular weight excluding hydrogens is 614 g/mol. The highest BCUT2D eigenvalue weighted by Crippen LogP contribution is 2.31. The number of hydrogen-bond donors (Lipinski definition) is 2. The molecule has 5 rings (SSSR count). The van der Waals surface area contributed by atoms with Crippen LogP contribution in [0, 0.1) is 6.92 Å². The third kappa shape index (κ3) is 10.2. The quantitative estimate of drug-likeness (QED) is 0.117. The Kier molecular flexibility index (Phi) is 11.3. The molecule has 1 aliphatic heterocycles. The molecule has 1 saturated heterocycles. The predicted octanol–water partition coefficient (Wildman–Crippen LogP) is 6.51. The Morgan fingerprint density at radius 3 is 2.11 bits per heavy atom. The summed E-state index contributed by atoms with van der Waals surface area (Å²) < 4.78 is 37.6. The molecule has 0 radical (unpaired) electrons. The Balaban J connectivity index is 1.17. The van der Waals surface area contributed by atoms with Gasteiger partial charge in [-0.15, -0.1) is 0 Å². The van der Waals surface area contributed by atoms with Gasteiger partial charge in [-0.2, -0.15) is 0 Å². The lowest BCUT2D eigenvalue weighted by Gasteiger charge is -2.28. The lowest BCUT2D eigenvalue weighted by molar-refractivity contribution is -0.161. The summed E-state index contributed by atoms with van der Waals surface area (Å²) in [6.07, 6.45) is 4.24. The average Bonchev–Trinajstić information content (AvgIpc) is 3.59. The number of ether oxygens (including phenoxy) is 2. The summed E-state index contributed by atoms with van der Waals surface area (Å²) in [5, 5.41) is 3.04. The van der Waals surface area contributed by atoms with Crippen LogP contribution in [0.4, 0.5) is 11.4 Å². The summed E-state index contributed by atoms with van der Waals surface area (Å²) in [5.74, 6) is 0.446. The van der Waals surface area contributed by atoms with Gasteiger partial charge in [0.1, 0.15) is 17.5 Å². The van der Waals surface area contributed by atoms with Crippen LogP contribution in [0.3, 0.4) is 0 Å². The highest BCUT2D eigenvalue weighted by atomic mass is 32.2. The summed E-state index contributed by atoms with van der Waals surface area (Å²) in [6.45, 7) is 3.95. The van der Waals surface area contributed by atoms with E-state index in [9.17, 15) is 18.0 Å². The van der Waals surface area contributed by atoms with Gasteiger partial charge in [0.05, 0.1) is 11.9 Å². The van der Waals surface area contributed by atoms with Crippen LogP contribution in [-0.2, 0) is 43.9 Å². The molecule has 4 aromatic carbocycles. The molecule has 9 nitrogen and oxygen atoms in total. The van der Waals surface area contributed by atoms with Crippen LogP contribution < -0.4 is 19.7 Å². The first-order chi connectivity index (χ1) is 22.6. The molecule has 0 amide bonds. The lowest BCUT2D eigenvalue weighted by Crippen LogP contribution is -2.33. The Morgan fingerprint density at radius 1 is 0.851 bits per heavy atom. The molecule has 2 N–H and O–H groups in total. The second-order valence-corrected chi connectivity index (χ2v) is 13.6. The van der Waals surface area contributed by atoms with Gasteiger partial charge in [-0.3, -0.25) is 9.52 Å². The first-order valence-corrected chi connectivity index (χ1v) is 17.7. The van der Waals surface area contributed by atoms with E-state index in [4.69, 9.17) is 9.47 Å². The molecule has 1 fully saturated rings. The summed E-state index contributed by atoms with van der Waals surface area (Å²) >= 11 is 0. The largest absolute Gasteiger partial charge is 0.457 e. The Bertz CT molecular complexity index is 1750. The Labute approximate surface area is 277 Å². The van der Waals surface area contributed by atoms with E-state index in [0.29, 0.717) is 49.5 Å². The third-order valence-electron chi connectivity index (χ3n) is 8.02. The van der Waals surface area contributed by atoms with Crippen LogP contribution in [0.15, 0.2) is 97.1 Å². The molecule has 4 aromatic rings. The fourth-order valence-corrected chi connectivity index (χ4v) is 6.23. The maximum absolute atomic E-state index is 12.1. The van der Waals surface area contributed by atoms with Crippen molar-refractivity contribution < 1.29 is 27.5 Å². The summed E-state index contributed by atoms with van der Waals surface area (Å²) in [6, 6.07) is 31.1. The number of hydrogen-bond acceptors (Lipinski definition) is 8. The minimum atomic E-state index is -3.42. The highest BCUT2D eigenvalue weighted by molar-refractivity contribution is 7.92. The monoisotopic (exact) mass is 655 g/mol. The van der Waals surface area contributed by atoms with E-state index >= 15 is 0 Å². The van der Waals surface area contributed by atoms with Crippen molar-refractivity contribution in [3.8, 4) is 11.5 Å². The molecule has 0 saturated carbocycles. The first kappa shape index (κ1) is 33.7. The number of carbonyl (C=O) groups is 2. The minimum Gasteiger partial charge on any atom is -0.457 e. The van der Waals surface area contributed by atoms with Crippen molar-refractivity contribution in [3.63, 3.8) is 0 Å². The fraction of sp³-hybridized carbons (Fsp3) is 0.297. The molecule has 246 valence electrons. The van der Waals surface area contributed by atoms with Gasteiger partial charge in [-0.1, -0.05) is 60.7 Å². The zero-order valence-electron chi connectivity index (χ0n) is 26.8. The van der Waals surface area contributed by atoms with Crippen molar-refractivity contribution in [2.45, 2.75) is 58.2 Å². The van der Waals surface area contributed by atoms with Crippen LogP contribution in [0.1, 0.15) is 47.9 Å². The number of nitrogens with one attached hydrogen (secondary N) is 2. The molecule has 0 spiro atoms. The number of benzene rings is 4. The minimum absolute atomic E-state index is 0.189. The van der Waals surface area contributed by atoms with E-state index < -0.39 is 22.0 Å². The van der Waals surface area contributed by atoms with Crippen LogP contribution >= 0.6 is 0 Å². The van der Waals surface area contributed by atoms with Crippen molar-refractivity contribution in [1.29, 1.82) is 0 Å². The van der Waals surface area contributed by atoms with Gasteiger partial charge in [0, 0.05) is 25.2 Å². The molecular formula is C37H41N3O6S. The predicted molar refractivity (Wildman–Crippen MR) is 184 cm³/mol. The van der Waals surface area contributed by atoms with Crippen molar-refractivity contribution in [2.75, 3.05) is 22.4 Å². The molecule has 1 heterocycles. The zero-order valence-corrected chi connectivity index (χ0v) is 27.6. The van der Waals surface area contributed by atoms with Crippen LogP contribution in [-0.4, -0.2) is 39.2 Å². The summed E-state index contributed by atoms with van der Waals surface area (Å²) in [4.78, 5) is 26.3. The Hall–Kier alpha value is -4.67. The highest BCUT2D eigenvalue weighted by Gasteiger charge is 2.25. The third-order valence-corrected chi connectivity index (χ3v) is 8.61. The molecule has 1 aliphatic rings. The van der Waals surface area contributed by atoms with E-state index in [2.05, 4.69) is 27.1 Å². The van der Waals surface area contributed by atoms with Gasteiger partial charge in [-0.25, -0.2) is 13.2 Å². The second kappa shape index (κ2) is 15.8. The van der Waals surface area contributed by atoms with E-state index in [-0.39, 0.29) is 12.5 Å². The van der Waals surface area contributed by atoms with Crippen molar-refractivity contribution in [1.82, 2.24) is 5.32 Å². The second-order valence-electron chi connectivity index (χ2n) is 11.9. The topological polar surface area (TPSA) is 114 Å². The number of esters is 2. The van der Waals surface area contributed by atoms with Crippen molar-refractivity contribution >= 4 is 33.3 Å². The molecule has 0 bridgehead atoms. The maximum Gasteiger partial charge on any atom is 0.330 e. The number of rotatable bonds is 14. The van der Waals surface area contributed by atoms with E-state index in [1.165, 1.54) is 0 Å². The summed E-state index contributed by atoms with van der Waals surface area (Å²) in [7, 11) is -3.42. The SMILES string of the molecule is Cc1c(NS(C)(=O)=O)cccc1N(Cc1ccccc1)Cc1ccc(Oc2ccc(CCCC(=O)OC(=O)[C@@H]3CCCN3)cc2)cc1. The summed E-state index contributed by atoms with van der Waals surface area (Å²) in [5.41, 5.74) is 5.63. The molecule has 0 unspecified atom stereocenters. The number of aryl methyl sites for hydroxylation is 1. The van der Waals surface area contributed by atoms with Crippen LogP contribution in [0.25, 0.3) is 0 Å². The molecule has 0 aliphatic carbocycles. The van der Waals surface area contributed by atoms with Gasteiger partial charge in [0.2, 0.25) is 10.0 Å². The molecule has 1 atom stereocenters. The smallest absolute Gasteiger partial charge is 0.330 e. The molecule has 47 heavy (non-hydrogen) atoms. The van der Waals surface area contributed by atoms with Crippen LogP contribution in [0.5, 0.6) is 11.5 Å². The van der Waals surface area contributed by atoms with E-state index in [1.807, 2.05) is 85.8 Å². The number of nitrogens with zero attached hydrogens (tertiary/aromatic N) is 1. The first-order valence-electron chi connectivity index (χ1n) is 15.8. The zero-order chi connectivity index (χ0) is 33.2. The van der Waals surface area contributed by atoms with Crippen molar-refractivity contribution in [2.24, 2.45) is 0 Å². The Morgan fingerprint density at radius 2 is 1.49 bits per heavy atom. The van der Waals surface area contributed by atoms with Gasteiger partial charge >= 0.3 is 11.9 Å². The van der Waals surface area contributed by atoms with E-state index in [1.54, 1.807) is 6.07 Å². The van der Waals surface area contributed by atoms with Gasteiger partial charge in [0.15, 0.2) is 0 Å². The maximum atomic E-state index is 12.1. The normalized spacial score (nSPS) is 14.4. The number of sulfonamides is 1. The lowest BCUT2D eigenvalue weighted by atomic mass is 10.1. The van der Waals surface area contributed by atoms with E-state index in [0.717, 1.165) is 47.2 Å².